The zero-order valence-corrected chi connectivity index (χ0v) is 50.7. The van der Waals surface area contributed by atoms with Gasteiger partial charge in [-0.2, -0.15) is 0 Å². The summed E-state index contributed by atoms with van der Waals surface area (Å²) in [4.78, 5) is 35.3. The van der Waals surface area contributed by atoms with Gasteiger partial charge < -0.3 is 20.1 Å². The van der Waals surface area contributed by atoms with E-state index >= 15 is 0 Å². The predicted octanol–water partition coefficient (Wildman–Crippen LogP) is 21.0. The van der Waals surface area contributed by atoms with E-state index in [2.05, 4.69) is 38.2 Å². The number of phosphoric ester groups is 1. The Bertz CT molecular complexity index is 1280. The molecule has 9 nitrogen and oxygen atoms in total. The van der Waals surface area contributed by atoms with Crippen LogP contribution in [0, 0.1) is 0 Å². The summed E-state index contributed by atoms with van der Waals surface area (Å²) in [6.45, 7) is 3.81. The van der Waals surface area contributed by atoms with Gasteiger partial charge in [-0.05, 0) is 64.2 Å². The van der Waals surface area contributed by atoms with Gasteiger partial charge in [0.05, 0.1) is 13.2 Å². The number of carbonyl (C=O) groups is 2. The molecule has 75 heavy (non-hydrogen) atoms. The molecule has 0 bridgehead atoms. The van der Waals surface area contributed by atoms with Crippen molar-refractivity contribution < 1.29 is 37.6 Å². The van der Waals surface area contributed by atoms with Gasteiger partial charge in [0.15, 0.2) is 6.10 Å². The first kappa shape index (κ1) is 73.5. The maximum absolute atomic E-state index is 12.7. The van der Waals surface area contributed by atoms with E-state index in [1.54, 1.807) is 0 Å². The van der Waals surface area contributed by atoms with Crippen LogP contribution in [0.25, 0.3) is 0 Å². The van der Waals surface area contributed by atoms with E-state index in [1.165, 1.54) is 283 Å². The maximum atomic E-state index is 12.7. The van der Waals surface area contributed by atoms with Crippen molar-refractivity contribution in [2.45, 2.75) is 354 Å². The van der Waals surface area contributed by atoms with Gasteiger partial charge in [0.1, 0.15) is 6.61 Å². The second-order valence-corrected chi connectivity index (χ2v) is 23.8. The largest absolute Gasteiger partial charge is 0.472 e. The Kier molecular flexibility index (Phi) is 60.5. The summed E-state index contributed by atoms with van der Waals surface area (Å²) in [5, 5.41) is 0. The fourth-order valence-corrected chi connectivity index (χ4v) is 10.7. The molecule has 10 heteroatoms. The number of ether oxygens (including phenoxy) is 2. The van der Waals surface area contributed by atoms with Gasteiger partial charge in [-0.25, -0.2) is 4.57 Å². The highest BCUT2D eigenvalue weighted by Gasteiger charge is 2.26. The summed E-state index contributed by atoms with van der Waals surface area (Å²) in [6, 6.07) is 0. The molecule has 0 saturated carbocycles. The SMILES string of the molecule is CCCCCCCCCC/C=C\CCCCCCCCCCCCCCCCCCCCCC(=O)OC(COC(=O)CCCCCCCCCCCCC/C=C\CCCCCCCCCC)COP(=O)(O)OCCN. The van der Waals surface area contributed by atoms with E-state index in [4.69, 9.17) is 24.3 Å². The number of carbonyl (C=O) groups excluding carboxylic acids is 2. The molecule has 3 N–H and O–H groups in total. The van der Waals surface area contributed by atoms with Crippen LogP contribution < -0.4 is 5.73 Å². The van der Waals surface area contributed by atoms with Gasteiger partial charge in [-0.15, -0.1) is 0 Å². The smallest absolute Gasteiger partial charge is 0.462 e. The summed E-state index contributed by atoms with van der Waals surface area (Å²) in [7, 11) is -4.39. The summed E-state index contributed by atoms with van der Waals surface area (Å²) < 4.78 is 33.1. The molecule has 0 aromatic heterocycles. The molecule has 0 aromatic carbocycles. The van der Waals surface area contributed by atoms with Crippen LogP contribution in [0.5, 0.6) is 0 Å². The number of hydrogen-bond donors (Lipinski definition) is 2. The van der Waals surface area contributed by atoms with Crippen molar-refractivity contribution in [3.8, 4) is 0 Å². The lowest BCUT2D eigenvalue weighted by molar-refractivity contribution is -0.161. The lowest BCUT2D eigenvalue weighted by Gasteiger charge is -2.19. The van der Waals surface area contributed by atoms with E-state index in [1.807, 2.05) is 0 Å². The van der Waals surface area contributed by atoms with Gasteiger partial charge in [0, 0.05) is 19.4 Å². The number of unbranched alkanes of at least 4 members (excludes halogenated alkanes) is 46. The molecule has 444 valence electrons. The molecule has 0 aliphatic heterocycles. The van der Waals surface area contributed by atoms with Crippen LogP contribution in [0.4, 0.5) is 0 Å². The molecule has 0 rings (SSSR count). The van der Waals surface area contributed by atoms with Crippen molar-refractivity contribution in [3.05, 3.63) is 24.3 Å². The third kappa shape index (κ3) is 61.6. The highest BCUT2D eigenvalue weighted by Crippen LogP contribution is 2.43. The monoisotopic (exact) mass is 1080 g/mol. The van der Waals surface area contributed by atoms with E-state index in [0.29, 0.717) is 6.42 Å². The quantitative estimate of drug-likeness (QED) is 0.0264. The van der Waals surface area contributed by atoms with Crippen LogP contribution in [0.3, 0.4) is 0 Å². The molecule has 0 fully saturated rings. The second-order valence-electron chi connectivity index (χ2n) is 22.3. The van der Waals surface area contributed by atoms with Crippen LogP contribution >= 0.6 is 7.82 Å². The number of phosphoric acid groups is 1. The standard InChI is InChI=1S/C65H126NO8P/c1-3-5-7-9-11-13-15-17-19-21-23-25-27-28-29-30-31-32-33-34-36-38-40-42-44-46-48-50-52-54-56-58-65(68)74-63(62-73-75(69,70)72-60-59-66)61-71-64(67)57-55-53-51-49-47-45-43-41-39-37-35-26-24-22-20-18-16-14-12-10-8-6-4-2/h21-24,63H,3-20,25-62,66H2,1-2H3,(H,69,70)/b23-21-,24-22-. The van der Waals surface area contributed by atoms with Crippen LogP contribution in [-0.4, -0.2) is 49.3 Å². The highest BCUT2D eigenvalue weighted by molar-refractivity contribution is 7.47. The minimum Gasteiger partial charge on any atom is -0.462 e. The molecule has 2 unspecified atom stereocenters. The molecule has 0 spiro atoms. The minimum atomic E-state index is -4.39. The predicted molar refractivity (Wildman–Crippen MR) is 321 cm³/mol. The van der Waals surface area contributed by atoms with Crippen molar-refractivity contribution in [1.82, 2.24) is 0 Å². The van der Waals surface area contributed by atoms with E-state index in [9.17, 15) is 19.0 Å². The van der Waals surface area contributed by atoms with Crippen LogP contribution in [-0.2, 0) is 32.7 Å². The second kappa shape index (κ2) is 61.7. The fourth-order valence-electron chi connectivity index (χ4n) is 9.92. The molecule has 0 aliphatic rings. The first-order valence-corrected chi connectivity index (χ1v) is 34.3. The summed E-state index contributed by atoms with van der Waals surface area (Å²) >= 11 is 0. The molecular formula is C65H126NO8P. The van der Waals surface area contributed by atoms with Gasteiger partial charge in [0.2, 0.25) is 0 Å². The number of hydrogen-bond acceptors (Lipinski definition) is 8. The first-order valence-electron chi connectivity index (χ1n) is 32.8. The van der Waals surface area contributed by atoms with Crippen molar-refractivity contribution >= 4 is 19.8 Å². The molecule has 0 radical (unpaired) electrons. The van der Waals surface area contributed by atoms with Crippen molar-refractivity contribution in [1.29, 1.82) is 0 Å². The molecule has 2 atom stereocenters. The number of nitrogens with two attached hydrogens (primary N) is 1. The first-order chi connectivity index (χ1) is 36.8. The average molecular weight is 1080 g/mol. The lowest BCUT2D eigenvalue weighted by atomic mass is 10.0. The van der Waals surface area contributed by atoms with Crippen molar-refractivity contribution in [3.63, 3.8) is 0 Å². The number of rotatable bonds is 63. The van der Waals surface area contributed by atoms with Gasteiger partial charge >= 0.3 is 19.8 Å². The Morgan fingerprint density at radius 3 is 0.947 bits per heavy atom. The molecule has 0 amide bonds. The summed E-state index contributed by atoms with van der Waals surface area (Å²) in [5.74, 6) is -0.808. The fraction of sp³-hybridized carbons (Fsp3) is 0.908. The maximum Gasteiger partial charge on any atom is 0.472 e. The van der Waals surface area contributed by atoms with Gasteiger partial charge in [0.25, 0.3) is 0 Å². The number of allylic oxidation sites excluding steroid dienone is 4. The Morgan fingerprint density at radius 2 is 0.653 bits per heavy atom. The molecule has 0 aromatic rings. The van der Waals surface area contributed by atoms with Crippen molar-refractivity contribution in [2.75, 3.05) is 26.4 Å². The Balaban J connectivity index is 3.85. The van der Waals surface area contributed by atoms with Gasteiger partial charge in [-0.3, -0.25) is 18.6 Å². The van der Waals surface area contributed by atoms with E-state index in [-0.39, 0.29) is 38.6 Å². The lowest BCUT2D eigenvalue weighted by Crippen LogP contribution is -2.29. The number of esters is 2. The normalized spacial score (nSPS) is 13.1. The topological polar surface area (TPSA) is 134 Å². The zero-order valence-electron chi connectivity index (χ0n) is 49.8. The third-order valence-electron chi connectivity index (χ3n) is 14.8. The van der Waals surface area contributed by atoms with Crippen LogP contribution in [0.15, 0.2) is 24.3 Å². The Morgan fingerprint density at radius 1 is 0.387 bits per heavy atom. The molecule has 0 saturated heterocycles. The van der Waals surface area contributed by atoms with Crippen molar-refractivity contribution in [2.24, 2.45) is 5.73 Å². The molecular weight excluding hydrogens is 954 g/mol. The molecule has 0 aliphatic carbocycles. The average Bonchev–Trinajstić information content (AvgIpc) is 3.40. The summed E-state index contributed by atoms with van der Waals surface area (Å²) in [6.07, 6.45) is 74.0. The Labute approximate surface area is 465 Å². The summed E-state index contributed by atoms with van der Waals surface area (Å²) in [5.41, 5.74) is 5.39. The zero-order chi connectivity index (χ0) is 54.5. The Hall–Kier alpha value is -1.51. The molecule has 0 heterocycles. The highest BCUT2D eigenvalue weighted by atomic mass is 31.2. The minimum absolute atomic E-state index is 0.0561. The van der Waals surface area contributed by atoms with Crippen LogP contribution in [0.2, 0.25) is 0 Å². The van der Waals surface area contributed by atoms with E-state index in [0.717, 1.165) is 32.1 Å². The third-order valence-corrected chi connectivity index (χ3v) is 15.8. The van der Waals surface area contributed by atoms with E-state index < -0.39 is 26.5 Å². The van der Waals surface area contributed by atoms with Crippen LogP contribution in [0.1, 0.15) is 348 Å². The van der Waals surface area contributed by atoms with Gasteiger partial charge in [-0.1, -0.05) is 295 Å².